The van der Waals surface area contributed by atoms with E-state index in [1.807, 2.05) is 17.5 Å². The van der Waals surface area contributed by atoms with Gasteiger partial charge in [-0.25, -0.2) is 9.97 Å². The number of hydrogen-bond donors (Lipinski definition) is 1. The van der Waals surface area contributed by atoms with Crippen molar-refractivity contribution in [3.8, 4) is 11.3 Å². The number of hydrogen-bond acceptors (Lipinski definition) is 9. The third kappa shape index (κ3) is 5.28. The Labute approximate surface area is 179 Å². The molecule has 148 valence electrons. The van der Waals surface area contributed by atoms with Crippen molar-refractivity contribution < 1.29 is 9.32 Å². The second-order valence-electron chi connectivity index (χ2n) is 6.09. The normalized spacial score (nSPS) is 10.9. The predicted molar refractivity (Wildman–Crippen MR) is 115 cm³/mol. The van der Waals surface area contributed by atoms with Crippen molar-refractivity contribution in [2.45, 2.75) is 29.9 Å². The van der Waals surface area contributed by atoms with Gasteiger partial charge in [0.05, 0.1) is 11.4 Å². The largest absolute Gasteiger partial charge is 0.339 e. The van der Waals surface area contributed by atoms with Gasteiger partial charge < -0.3 is 9.84 Å². The molecule has 3 aromatic heterocycles. The molecule has 0 aliphatic carbocycles. The smallest absolute Gasteiger partial charge is 0.227 e. The summed E-state index contributed by atoms with van der Waals surface area (Å²) < 4.78 is 6.20. The van der Waals surface area contributed by atoms with Crippen LogP contribution in [-0.2, 0) is 17.0 Å². The Morgan fingerprint density at radius 1 is 1.24 bits per heavy atom. The number of aromatic nitrogens is 4. The predicted octanol–water partition coefficient (Wildman–Crippen LogP) is 4.82. The third-order valence-corrected chi connectivity index (χ3v) is 6.69. The Balaban J connectivity index is 1.27. The van der Waals surface area contributed by atoms with Crippen molar-refractivity contribution in [2.24, 2.45) is 0 Å². The van der Waals surface area contributed by atoms with E-state index in [1.54, 1.807) is 29.3 Å². The number of amides is 1. The average Bonchev–Trinajstić information content (AvgIpc) is 3.47. The minimum absolute atomic E-state index is 0.124. The minimum Gasteiger partial charge on any atom is -0.339 e. The summed E-state index contributed by atoms with van der Waals surface area (Å²) in [5.41, 5.74) is 3.33. The molecule has 7 nitrogen and oxygen atoms in total. The van der Waals surface area contributed by atoms with E-state index in [0.717, 1.165) is 15.6 Å². The van der Waals surface area contributed by atoms with Gasteiger partial charge in [0.2, 0.25) is 11.8 Å². The van der Waals surface area contributed by atoms with Gasteiger partial charge in [-0.05, 0) is 12.5 Å². The zero-order valence-electron chi connectivity index (χ0n) is 15.5. The standard InChI is InChI=1S/C19H17N5O2S3/c1-12-4-2-3-5-13(12)14-10-28-19(21-14)29-11-15-22-17(26-24-15)7-6-16(25)23-18-20-8-9-27-18/h2-5,8-10H,6-7,11H2,1H3,(H,20,23,25). The summed E-state index contributed by atoms with van der Waals surface area (Å²) in [4.78, 5) is 25.0. The first-order valence-corrected chi connectivity index (χ1v) is 11.6. The quantitative estimate of drug-likeness (QED) is 0.390. The van der Waals surface area contributed by atoms with Crippen molar-refractivity contribution in [3.05, 3.63) is 58.5 Å². The summed E-state index contributed by atoms with van der Waals surface area (Å²) >= 11 is 4.55. The average molecular weight is 444 g/mol. The molecule has 1 N–H and O–H groups in total. The van der Waals surface area contributed by atoms with Gasteiger partial charge in [0.15, 0.2) is 15.3 Å². The molecule has 0 aliphatic heterocycles. The SMILES string of the molecule is Cc1ccccc1-c1csc(SCc2noc(CCC(=O)Nc3nccs3)n2)n1. The summed E-state index contributed by atoms with van der Waals surface area (Å²) in [6.07, 6.45) is 2.30. The highest BCUT2D eigenvalue weighted by Gasteiger charge is 2.12. The molecule has 0 unspecified atom stereocenters. The number of nitrogens with zero attached hydrogens (tertiary/aromatic N) is 4. The highest BCUT2D eigenvalue weighted by atomic mass is 32.2. The number of aryl methyl sites for hydroxylation is 2. The van der Waals surface area contributed by atoms with Crippen LogP contribution in [0.4, 0.5) is 5.13 Å². The van der Waals surface area contributed by atoms with Crippen molar-refractivity contribution in [2.75, 3.05) is 5.32 Å². The lowest BCUT2D eigenvalue weighted by molar-refractivity contribution is -0.116. The molecule has 0 fully saturated rings. The maximum Gasteiger partial charge on any atom is 0.227 e. The Morgan fingerprint density at radius 3 is 2.97 bits per heavy atom. The maximum atomic E-state index is 11.9. The van der Waals surface area contributed by atoms with Crippen LogP contribution >= 0.6 is 34.4 Å². The van der Waals surface area contributed by atoms with Gasteiger partial charge in [0.1, 0.15) is 0 Å². The zero-order valence-corrected chi connectivity index (χ0v) is 17.9. The van der Waals surface area contributed by atoms with Crippen LogP contribution in [0.15, 0.2) is 50.1 Å². The fourth-order valence-corrected chi connectivity index (χ4v) is 4.79. The minimum atomic E-state index is -0.124. The molecule has 0 bridgehead atoms. The molecule has 0 radical (unpaired) electrons. The second kappa shape index (κ2) is 9.29. The number of rotatable bonds is 8. The summed E-state index contributed by atoms with van der Waals surface area (Å²) in [5.74, 6) is 1.49. The Morgan fingerprint density at radius 2 is 2.14 bits per heavy atom. The van der Waals surface area contributed by atoms with Crippen LogP contribution < -0.4 is 5.32 Å². The molecule has 1 aromatic carbocycles. The van der Waals surface area contributed by atoms with E-state index >= 15 is 0 Å². The lowest BCUT2D eigenvalue weighted by Crippen LogP contribution is -2.12. The van der Waals surface area contributed by atoms with Gasteiger partial charge in [0, 0.05) is 35.4 Å². The first kappa shape index (κ1) is 19.7. The van der Waals surface area contributed by atoms with Crippen LogP contribution in [0, 0.1) is 6.92 Å². The van der Waals surface area contributed by atoms with Crippen molar-refractivity contribution in [1.82, 2.24) is 20.1 Å². The molecule has 0 atom stereocenters. The number of nitrogens with one attached hydrogen (secondary N) is 1. The van der Waals surface area contributed by atoms with Gasteiger partial charge in [-0.1, -0.05) is 41.2 Å². The van der Waals surface area contributed by atoms with Crippen LogP contribution in [0.3, 0.4) is 0 Å². The molecule has 29 heavy (non-hydrogen) atoms. The fraction of sp³-hybridized carbons (Fsp3) is 0.211. The summed E-state index contributed by atoms with van der Waals surface area (Å²) in [7, 11) is 0. The van der Waals surface area contributed by atoms with Crippen LogP contribution in [0.25, 0.3) is 11.3 Å². The molecular formula is C19H17N5O2S3. The number of carbonyl (C=O) groups excluding carboxylic acids is 1. The van der Waals surface area contributed by atoms with Crippen molar-refractivity contribution in [3.63, 3.8) is 0 Å². The van der Waals surface area contributed by atoms with Crippen LogP contribution in [0.1, 0.15) is 23.7 Å². The highest BCUT2D eigenvalue weighted by Crippen LogP contribution is 2.31. The molecule has 4 rings (SSSR count). The Bertz CT molecular complexity index is 1090. The van der Waals surface area contributed by atoms with Crippen molar-refractivity contribution >= 4 is 45.5 Å². The Hall–Kier alpha value is -2.56. The number of thioether (sulfide) groups is 1. The van der Waals surface area contributed by atoms with Gasteiger partial charge in [0.25, 0.3) is 0 Å². The second-order valence-corrected chi connectivity index (χ2v) is 9.07. The van der Waals surface area contributed by atoms with E-state index in [9.17, 15) is 4.79 Å². The first-order valence-electron chi connectivity index (χ1n) is 8.82. The maximum absolute atomic E-state index is 11.9. The lowest BCUT2D eigenvalue weighted by Gasteiger charge is -2.00. The van der Waals surface area contributed by atoms with Crippen molar-refractivity contribution in [1.29, 1.82) is 0 Å². The first-order chi connectivity index (χ1) is 14.2. The van der Waals surface area contributed by atoms with E-state index in [-0.39, 0.29) is 12.3 Å². The third-order valence-electron chi connectivity index (χ3n) is 3.98. The molecule has 0 saturated heterocycles. The van der Waals surface area contributed by atoms with E-state index in [4.69, 9.17) is 9.51 Å². The van der Waals surface area contributed by atoms with Gasteiger partial charge in [-0.3, -0.25) is 4.79 Å². The van der Waals surface area contributed by atoms with E-state index < -0.39 is 0 Å². The van der Waals surface area contributed by atoms with E-state index in [1.165, 1.54) is 16.9 Å². The molecule has 0 spiro atoms. The van der Waals surface area contributed by atoms with Crippen LogP contribution in [0.2, 0.25) is 0 Å². The van der Waals surface area contributed by atoms with Gasteiger partial charge in [-0.15, -0.1) is 22.7 Å². The Kier molecular flexibility index (Phi) is 6.33. The van der Waals surface area contributed by atoms with Gasteiger partial charge in [-0.2, -0.15) is 4.98 Å². The summed E-state index contributed by atoms with van der Waals surface area (Å²) in [6, 6.07) is 8.21. The fourth-order valence-electron chi connectivity index (χ4n) is 2.57. The monoisotopic (exact) mass is 443 g/mol. The number of benzene rings is 1. The van der Waals surface area contributed by atoms with E-state index in [2.05, 4.69) is 44.9 Å². The number of thiazole rings is 2. The topological polar surface area (TPSA) is 93.8 Å². The van der Waals surface area contributed by atoms with Crippen LogP contribution in [0.5, 0.6) is 0 Å². The van der Waals surface area contributed by atoms with Crippen LogP contribution in [-0.4, -0.2) is 26.0 Å². The zero-order chi connectivity index (χ0) is 20.1. The number of carbonyl (C=O) groups is 1. The van der Waals surface area contributed by atoms with Gasteiger partial charge >= 0.3 is 0 Å². The molecule has 0 aliphatic rings. The number of anilines is 1. The molecular weight excluding hydrogens is 426 g/mol. The highest BCUT2D eigenvalue weighted by molar-refractivity contribution is 8.00. The summed E-state index contributed by atoms with van der Waals surface area (Å²) in [5, 5.41) is 11.2. The molecule has 0 saturated carbocycles. The molecule has 10 heteroatoms. The molecule has 3 heterocycles. The lowest BCUT2D eigenvalue weighted by atomic mass is 10.1. The van der Waals surface area contributed by atoms with E-state index in [0.29, 0.717) is 29.0 Å². The summed E-state index contributed by atoms with van der Waals surface area (Å²) in [6.45, 7) is 2.08. The molecule has 1 amide bonds. The molecule has 4 aromatic rings.